The summed E-state index contributed by atoms with van der Waals surface area (Å²) in [7, 11) is 0. The van der Waals surface area contributed by atoms with Gasteiger partial charge in [0.05, 0.1) is 23.9 Å². The molecule has 1 aromatic heterocycles. The van der Waals surface area contributed by atoms with Crippen molar-refractivity contribution >= 4 is 46.1 Å². The number of anilines is 1. The average Bonchev–Trinajstić information content (AvgIpc) is 3.16. The van der Waals surface area contributed by atoms with Gasteiger partial charge in [0.2, 0.25) is 5.91 Å². The van der Waals surface area contributed by atoms with Gasteiger partial charge < -0.3 is 19.5 Å². The molecule has 2 aromatic carbocycles. The van der Waals surface area contributed by atoms with Crippen molar-refractivity contribution in [3.05, 3.63) is 70.9 Å². The number of fused-ring (bicyclic) bond motifs is 1. The summed E-state index contributed by atoms with van der Waals surface area (Å²) in [6.45, 7) is 2.40. The number of halogens is 1. The Kier molecular flexibility index (Phi) is 6.55. The molecule has 2 amide bonds. The summed E-state index contributed by atoms with van der Waals surface area (Å²) in [5.41, 5.74) is 1.90. The minimum absolute atomic E-state index is 0.00144. The minimum atomic E-state index is -0.554. The highest BCUT2D eigenvalue weighted by Gasteiger charge is 2.19. The Balaban J connectivity index is 1.62. The first kappa shape index (κ1) is 21.6. The van der Waals surface area contributed by atoms with Gasteiger partial charge in [0.15, 0.2) is 0 Å². The van der Waals surface area contributed by atoms with E-state index in [9.17, 15) is 14.9 Å². The molecule has 1 fully saturated rings. The molecule has 3 aromatic rings. The monoisotopic (exact) mass is 448 g/mol. The maximum atomic E-state index is 12.7. The van der Waals surface area contributed by atoms with Crippen LogP contribution in [0.2, 0.25) is 5.02 Å². The molecule has 0 unspecified atom stereocenters. The predicted octanol–water partition coefficient (Wildman–Crippen LogP) is 3.70. The molecule has 2 heterocycles. The second kappa shape index (κ2) is 9.69. The van der Waals surface area contributed by atoms with Crippen LogP contribution >= 0.6 is 11.6 Å². The van der Waals surface area contributed by atoms with Gasteiger partial charge in [-0.3, -0.25) is 9.59 Å². The van der Waals surface area contributed by atoms with E-state index in [4.69, 9.17) is 16.3 Å². The average molecular weight is 449 g/mol. The van der Waals surface area contributed by atoms with Gasteiger partial charge in [0, 0.05) is 35.8 Å². The fraction of sp³-hybridized carbons (Fsp3) is 0.208. The zero-order chi connectivity index (χ0) is 22.5. The van der Waals surface area contributed by atoms with Gasteiger partial charge in [-0.1, -0.05) is 41.9 Å². The van der Waals surface area contributed by atoms with Crippen molar-refractivity contribution in [3.63, 3.8) is 0 Å². The number of hydrogen-bond acceptors (Lipinski definition) is 4. The number of carbonyl (C=O) groups excluding carboxylic acids is 2. The third kappa shape index (κ3) is 4.67. The fourth-order valence-electron chi connectivity index (χ4n) is 3.64. The molecule has 0 saturated carbocycles. The van der Waals surface area contributed by atoms with E-state index in [1.165, 1.54) is 6.08 Å². The van der Waals surface area contributed by atoms with Crippen LogP contribution in [0.15, 0.2) is 60.3 Å². The number of nitrogens with one attached hydrogen (secondary N) is 1. The topological polar surface area (TPSA) is 87.4 Å². The van der Waals surface area contributed by atoms with Gasteiger partial charge >= 0.3 is 0 Å². The van der Waals surface area contributed by atoms with Crippen molar-refractivity contribution in [1.29, 1.82) is 5.26 Å². The van der Waals surface area contributed by atoms with Crippen LogP contribution in [0.1, 0.15) is 5.56 Å². The maximum Gasteiger partial charge on any atom is 0.266 e. The van der Waals surface area contributed by atoms with E-state index in [1.54, 1.807) is 35.4 Å². The van der Waals surface area contributed by atoms with E-state index in [-0.39, 0.29) is 18.0 Å². The number of hydrogen-bond donors (Lipinski definition) is 1. The number of morpholine rings is 1. The van der Waals surface area contributed by atoms with Gasteiger partial charge in [0.1, 0.15) is 18.2 Å². The Morgan fingerprint density at radius 2 is 1.84 bits per heavy atom. The van der Waals surface area contributed by atoms with Crippen LogP contribution < -0.4 is 5.32 Å². The summed E-state index contributed by atoms with van der Waals surface area (Å²) in [4.78, 5) is 27.2. The number of carbonyl (C=O) groups is 2. The Labute approximate surface area is 190 Å². The molecular weight excluding hydrogens is 428 g/mol. The van der Waals surface area contributed by atoms with Gasteiger partial charge in [-0.15, -0.1) is 0 Å². The predicted molar refractivity (Wildman–Crippen MR) is 123 cm³/mol. The first-order valence-corrected chi connectivity index (χ1v) is 10.6. The Hall–Kier alpha value is -3.60. The molecular formula is C24H21ClN4O3. The molecule has 8 heteroatoms. The Morgan fingerprint density at radius 1 is 1.12 bits per heavy atom. The van der Waals surface area contributed by atoms with Crippen LogP contribution in [0.4, 0.5) is 5.69 Å². The molecule has 4 rings (SSSR count). The van der Waals surface area contributed by atoms with Crippen LogP contribution in [0.5, 0.6) is 0 Å². The molecule has 32 heavy (non-hydrogen) atoms. The number of para-hydroxylation sites is 2. The summed E-state index contributed by atoms with van der Waals surface area (Å²) in [6, 6.07) is 16.4. The largest absolute Gasteiger partial charge is 0.378 e. The second-order valence-electron chi connectivity index (χ2n) is 7.33. The smallest absolute Gasteiger partial charge is 0.266 e. The molecule has 1 aliphatic rings. The van der Waals surface area contributed by atoms with Crippen molar-refractivity contribution in [2.24, 2.45) is 0 Å². The lowest BCUT2D eigenvalue weighted by atomic mass is 10.1. The summed E-state index contributed by atoms with van der Waals surface area (Å²) in [5.74, 6) is -0.552. The number of nitrogens with zero attached hydrogens (tertiary/aromatic N) is 3. The number of rotatable bonds is 5. The van der Waals surface area contributed by atoms with E-state index >= 15 is 0 Å². The summed E-state index contributed by atoms with van der Waals surface area (Å²) in [5, 5.41) is 13.5. The first-order chi connectivity index (χ1) is 15.6. The van der Waals surface area contributed by atoms with Crippen molar-refractivity contribution in [2.45, 2.75) is 6.54 Å². The highest BCUT2D eigenvalue weighted by molar-refractivity contribution is 6.34. The SMILES string of the molecule is N#CC(=Cc1cn(CC(=O)N2CCOCC2)c2ccccc12)C(=O)Nc1ccccc1Cl. The lowest BCUT2D eigenvalue weighted by Gasteiger charge is -2.27. The van der Waals surface area contributed by atoms with Crippen LogP contribution in [-0.4, -0.2) is 47.6 Å². The van der Waals surface area contributed by atoms with Gasteiger partial charge in [-0.25, -0.2) is 0 Å². The van der Waals surface area contributed by atoms with Crippen LogP contribution in [0, 0.1) is 11.3 Å². The van der Waals surface area contributed by atoms with E-state index in [2.05, 4.69) is 5.32 Å². The standard InChI is InChI=1S/C24H21ClN4O3/c25-20-6-2-3-7-21(20)27-24(31)17(14-26)13-18-15-29(22-8-4-1-5-19(18)22)16-23(30)28-9-11-32-12-10-28/h1-8,13,15H,9-12,16H2,(H,27,31). The minimum Gasteiger partial charge on any atom is -0.378 e. The highest BCUT2D eigenvalue weighted by Crippen LogP contribution is 2.25. The van der Waals surface area contributed by atoms with E-state index in [0.29, 0.717) is 42.6 Å². The molecule has 0 aliphatic carbocycles. The van der Waals surface area contributed by atoms with Gasteiger partial charge in [0.25, 0.3) is 5.91 Å². The maximum absolute atomic E-state index is 12.7. The lowest BCUT2D eigenvalue weighted by molar-refractivity contribution is -0.135. The third-order valence-corrected chi connectivity index (χ3v) is 5.61. The number of benzene rings is 2. The van der Waals surface area contributed by atoms with Crippen LogP contribution in [-0.2, 0) is 20.9 Å². The Bertz CT molecular complexity index is 1240. The number of ether oxygens (including phenoxy) is 1. The molecule has 7 nitrogen and oxygen atoms in total. The fourth-order valence-corrected chi connectivity index (χ4v) is 3.82. The second-order valence-corrected chi connectivity index (χ2v) is 7.73. The number of nitriles is 1. The van der Waals surface area contributed by atoms with Crippen molar-refractivity contribution in [3.8, 4) is 6.07 Å². The zero-order valence-electron chi connectivity index (χ0n) is 17.3. The normalized spacial score (nSPS) is 14.2. The summed E-state index contributed by atoms with van der Waals surface area (Å²) in [6.07, 6.45) is 3.33. The Morgan fingerprint density at radius 3 is 2.59 bits per heavy atom. The molecule has 0 bridgehead atoms. The molecule has 1 N–H and O–H groups in total. The van der Waals surface area contributed by atoms with Crippen LogP contribution in [0.3, 0.4) is 0 Å². The van der Waals surface area contributed by atoms with Gasteiger partial charge in [-0.2, -0.15) is 5.26 Å². The summed E-state index contributed by atoms with van der Waals surface area (Å²) < 4.78 is 7.16. The van der Waals surface area contributed by atoms with Gasteiger partial charge in [-0.05, 0) is 24.3 Å². The molecule has 162 valence electrons. The third-order valence-electron chi connectivity index (χ3n) is 5.28. The first-order valence-electron chi connectivity index (χ1n) is 10.2. The van der Waals surface area contributed by atoms with Crippen molar-refractivity contribution in [1.82, 2.24) is 9.47 Å². The molecule has 0 atom stereocenters. The van der Waals surface area contributed by atoms with Crippen molar-refractivity contribution in [2.75, 3.05) is 31.6 Å². The molecule has 1 saturated heterocycles. The van der Waals surface area contributed by atoms with E-state index in [1.807, 2.05) is 34.9 Å². The van der Waals surface area contributed by atoms with Crippen molar-refractivity contribution < 1.29 is 14.3 Å². The quantitative estimate of drug-likeness (QED) is 0.476. The molecule has 1 aliphatic heterocycles. The molecule has 0 spiro atoms. The number of amides is 2. The lowest BCUT2D eigenvalue weighted by Crippen LogP contribution is -2.42. The van der Waals surface area contributed by atoms with E-state index < -0.39 is 5.91 Å². The summed E-state index contributed by atoms with van der Waals surface area (Å²) >= 11 is 6.11. The van der Waals surface area contributed by atoms with E-state index in [0.717, 1.165) is 10.9 Å². The highest BCUT2D eigenvalue weighted by atomic mass is 35.5. The molecule has 0 radical (unpaired) electrons. The number of aromatic nitrogens is 1. The van der Waals surface area contributed by atoms with Crippen LogP contribution in [0.25, 0.3) is 17.0 Å². The zero-order valence-corrected chi connectivity index (χ0v) is 18.0.